The molecule has 1 aliphatic rings. The summed E-state index contributed by atoms with van der Waals surface area (Å²) >= 11 is 0. The van der Waals surface area contributed by atoms with Crippen LogP contribution in [0.4, 0.5) is 0 Å². The predicted octanol–water partition coefficient (Wildman–Crippen LogP) is 3.05. The highest BCUT2D eigenvalue weighted by molar-refractivity contribution is 4.87. The van der Waals surface area contributed by atoms with Gasteiger partial charge in [-0.15, -0.1) is 0 Å². The lowest BCUT2D eigenvalue weighted by Crippen LogP contribution is -2.42. The Balaban J connectivity index is 2.41. The van der Waals surface area contributed by atoms with Crippen LogP contribution in [-0.4, -0.2) is 35.2 Å². The lowest BCUT2D eigenvalue weighted by atomic mass is 9.99. The maximum absolute atomic E-state index is 10.4. The summed E-state index contributed by atoms with van der Waals surface area (Å²) in [6, 6.07) is 0. The average Bonchev–Trinajstić information content (AvgIpc) is 2.71. The quantitative estimate of drug-likeness (QED) is 0.722. The van der Waals surface area contributed by atoms with Crippen molar-refractivity contribution in [3.8, 4) is 0 Å². The molecule has 0 unspecified atom stereocenters. The first-order chi connectivity index (χ1) is 7.63. The number of rotatable bonds is 7. The van der Waals surface area contributed by atoms with E-state index >= 15 is 0 Å². The Hall–Kier alpha value is -0.0800. The van der Waals surface area contributed by atoms with Gasteiger partial charge in [0, 0.05) is 13.1 Å². The van der Waals surface area contributed by atoms with Gasteiger partial charge in [0.05, 0.1) is 5.60 Å². The summed E-state index contributed by atoms with van der Waals surface area (Å²) in [5, 5.41) is 10.4. The highest BCUT2D eigenvalue weighted by Crippen LogP contribution is 2.30. The molecule has 1 saturated carbocycles. The molecule has 0 heterocycles. The molecular weight excluding hydrogens is 198 g/mol. The van der Waals surface area contributed by atoms with Crippen molar-refractivity contribution in [3.63, 3.8) is 0 Å². The molecule has 0 atom stereocenters. The molecule has 0 bridgehead atoms. The van der Waals surface area contributed by atoms with Crippen LogP contribution >= 0.6 is 0 Å². The van der Waals surface area contributed by atoms with Gasteiger partial charge in [-0.3, -0.25) is 0 Å². The maximum atomic E-state index is 10.4. The van der Waals surface area contributed by atoms with Gasteiger partial charge in [-0.2, -0.15) is 0 Å². The zero-order valence-electron chi connectivity index (χ0n) is 11.3. The molecule has 1 aliphatic carbocycles. The van der Waals surface area contributed by atoms with Gasteiger partial charge in [0.1, 0.15) is 0 Å². The van der Waals surface area contributed by atoms with Gasteiger partial charge in [-0.05, 0) is 25.3 Å². The van der Waals surface area contributed by atoms with Gasteiger partial charge in [0.15, 0.2) is 0 Å². The zero-order chi connectivity index (χ0) is 12.0. The molecular formula is C14H29NO. The molecule has 0 saturated heterocycles. The first kappa shape index (κ1) is 14.0. The monoisotopic (exact) mass is 227 g/mol. The van der Waals surface area contributed by atoms with E-state index in [1.165, 1.54) is 25.7 Å². The summed E-state index contributed by atoms with van der Waals surface area (Å²) < 4.78 is 0. The second-order valence-corrected chi connectivity index (χ2v) is 5.44. The molecule has 1 N–H and O–H groups in total. The molecule has 2 nitrogen and oxygen atoms in total. The van der Waals surface area contributed by atoms with Crippen LogP contribution in [-0.2, 0) is 0 Å². The standard InChI is InChI=1S/C14H29NO/c1-4-13(5-2)11-15(6-3)12-14(16)9-7-8-10-14/h13,16H,4-12H2,1-3H3. The topological polar surface area (TPSA) is 23.5 Å². The highest BCUT2D eigenvalue weighted by atomic mass is 16.3. The van der Waals surface area contributed by atoms with Crippen LogP contribution in [0.5, 0.6) is 0 Å². The van der Waals surface area contributed by atoms with E-state index in [1.807, 2.05) is 0 Å². The molecule has 0 aromatic rings. The molecule has 1 fully saturated rings. The van der Waals surface area contributed by atoms with Crippen molar-refractivity contribution >= 4 is 0 Å². The van der Waals surface area contributed by atoms with Crippen LogP contribution in [0.3, 0.4) is 0 Å². The first-order valence-electron chi connectivity index (χ1n) is 7.08. The molecule has 1 rings (SSSR count). The van der Waals surface area contributed by atoms with Gasteiger partial charge in [-0.25, -0.2) is 0 Å². The first-order valence-corrected chi connectivity index (χ1v) is 7.08. The van der Waals surface area contributed by atoms with E-state index in [0.29, 0.717) is 0 Å². The van der Waals surface area contributed by atoms with Crippen molar-refractivity contribution in [1.82, 2.24) is 4.90 Å². The minimum absolute atomic E-state index is 0.373. The number of nitrogens with zero attached hydrogens (tertiary/aromatic N) is 1. The van der Waals surface area contributed by atoms with E-state index in [9.17, 15) is 5.11 Å². The van der Waals surface area contributed by atoms with Crippen molar-refractivity contribution in [2.45, 2.75) is 64.9 Å². The molecule has 0 aromatic carbocycles. The third-order valence-electron chi connectivity index (χ3n) is 4.17. The van der Waals surface area contributed by atoms with Crippen LogP contribution in [0.2, 0.25) is 0 Å². The van der Waals surface area contributed by atoms with E-state index in [1.54, 1.807) is 0 Å². The molecule has 0 aromatic heterocycles. The predicted molar refractivity (Wildman–Crippen MR) is 69.6 cm³/mol. The lowest BCUT2D eigenvalue weighted by molar-refractivity contribution is 0.00641. The van der Waals surface area contributed by atoms with E-state index in [-0.39, 0.29) is 5.60 Å². The molecule has 0 aliphatic heterocycles. The van der Waals surface area contributed by atoms with Crippen molar-refractivity contribution < 1.29 is 5.11 Å². The number of likely N-dealkylation sites (N-methyl/N-ethyl adjacent to an activating group) is 1. The van der Waals surface area contributed by atoms with E-state index in [0.717, 1.165) is 38.4 Å². The smallest absolute Gasteiger partial charge is 0.0774 e. The Morgan fingerprint density at radius 2 is 1.69 bits per heavy atom. The second-order valence-electron chi connectivity index (χ2n) is 5.44. The van der Waals surface area contributed by atoms with Gasteiger partial charge in [-0.1, -0.05) is 46.5 Å². The summed E-state index contributed by atoms with van der Waals surface area (Å²) in [5.74, 6) is 0.796. The van der Waals surface area contributed by atoms with Crippen molar-refractivity contribution in [1.29, 1.82) is 0 Å². The van der Waals surface area contributed by atoms with Crippen LogP contribution < -0.4 is 0 Å². The summed E-state index contributed by atoms with van der Waals surface area (Å²) in [6.45, 7) is 9.86. The van der Waals surface area contributed by atoms with Gasteiger partial charge in [0.2, 0.25) is 0 Å². The second kappa shape index (κ2) is 6.61. The van der Waals surface area contributed by atoms with E-state index < -0.39 is 0 Å². The minimum Gasteiger partial charge on any atom is -0.389 e. The Kier molecular flexibility index (Phi) is 5.77. The number of aliphatic hydroxyl groups is 1. The normalized spacial score (nSPS) is 19.9. The molecule has 16 heavy (non-hydrogen) atoms. The summed E-state index contributed by atoms with van der Waals surface area (Å²) in [5.41, 5.74) is -0.373. The van der Waals surface area contributed by atoms with Gasteiger partial charge >= 0.3 is 0 Å². The Morgan fingerprint density at radius 3 is 2.12 bits per heavy atom. The van der Waals surface area contributed by atoms with Crippen LogP contribution in [0, 0.1) is 5.92 Å². The summed E-state index contributed by atoms with van der Waals surface area (Å²) in [6.07, 6.45) is 6.94. The zero-order valence-corrected chi connectivity index (χ0v) is 11.3. The Labute approximate surface area is 101 Å². The number of hydrogen-bond acceptors (Lipinski definition) is 2. The molecule has 0 spiro atoms. The van der Waals surface area contributed by atoms with Crippen molar-refractivity contribution in [2.75, 3.05) is 19.6 Å². The third-order valence-corrected chi connectivity index (χ3v) is 4.17. The Bertz CT molecular complexity index is 183. The van der Waals surface area contributed by atoms with E-state index in [4.69, 9.17) is 0 Å². The fraction of sp³-hybridized carbons (Fsp3) is 1.00. The summed E-state index contributed by atoms with van der Waals surface area (Å²) in [4.78, 5) is 2.45. The van der Waals surface area contributed by atoms with Gasteiger partial charge < -0.3 is 10.0 Å². The number of hydrogen-bond donors (Lipinski definition) is 1. The van der Waals surface area contributed by atoms with Crippen LogP contribution in [0.25, 0.3) is 0 Å². The minimum atomic E-state index is -0.373. The van der Waals surface area contributed by atoms with Gasteiger partial charge in [0.25, 0.3) is 0 Å². The average molecular weight is 227 g/mol. The lowest BCUT2D eigenvalue weighted by Gasteiger charge is -2.32. The van der Waals surface area contributed by atoms with Crippen LogP contribution in [0.1, 0.15) is 59.3 Å². The summed E-state index contributed by atoms with van der Waals surface area (Å²) in [7, 11) is 0. The molecule has 2 heteroatoms. The van der Waals surface area contributed by atoms with Crippen molar-refractivity contribution in [3.05, 3.63) is 0 Å². The molecule has 96 valence electrons. The SMILES string of the molecule is CCC(CC)CN(CC)CC1(O)CCCC1. The molecule has 0 amide bonds. The maximum Gasteiger partial charge on any atom is 0.0774 e. The molecule has 0 radical (unpaired) electrons. The van der Waals surface area contributed by atoms with Crippen LogP contribution in [0.15, 0.2) is 0 Å². The fourth-order valence-electron chi connectivity index (χ4n) is 2.82. The largest absolute Gasteiger partial charge is 0.389 e. The Morgan fingerprint density at radius 1 is 1.12 bits per heavy atom. The van der Waals surface area contributed by atoms with Crippen molar-refractivity contribution in [2.24, 2.45) is 5.92 Å². The third kappa shape index (κ3) is 4.06. The van der Waals surface area contributed by atoms with E-state index in [2.05, 4.69) is 25.7 Å². The highest BCUT2D eigenvalue weighted by Gasteiger charge is 2.32. The fourth-order valence-corrected chi connectivity index (χ4v) is 2.82.